The van der Waals surface area contributed by atoms with Gasteiger partial charge in [-0.25, -0.2) is 0 Å². The van der Waals surface area contributed by atoms with Crippen LogP contribution < -0.4 is 10.6 Å². The van der Waals surface area contributed by atoms with E-state index < -0.39 is 0 Å². The van der Waals surface area contributed by atoms with E-state index in [1.807, 2.05) is 0 Å². The van der Waals surface area contributed by atoms with Gasteiger partial charge in [-0.1, -0.05) is 0 Å². The molecular weight excluding hydrogens is 403 g/mol. The number of nitrogens with zero attached hydrogens (tertiary/aromatic N) is 2. The van der Waals surface area contributed by atoms with Gasteiger partial charge in [-0.2, -0.15) is 0 Å². The molecule has 0 aromatic heterocycles. The first-order chi connectivity index (χ1) is 10.7. The second-order valence-electron chi connectivity index (χ2n) is 6.76. The number of aliphatic imine (C=N–C) groups is 1. The number of hydrogen-bond acceptors (Lipinski definition) is 3. The molecule has 2 aliphatic carbocycles. The molecule has 0 radical (unpaired) electrons. The molecule has 2 N–H and O–H groups in total. The lowest BCUT2D eigenvalue weighted by atomic mass is 10.3. The second kappa shape index (κ2) is 11.5. The van der Waals surface area contributed by atoms with Gasteiger partial charge < -0.3 is 15.4 Å². The number of halogens is 1. The molecule has 1 atom stereocenters. The van der Waals surface area contributed by atoms with Crippen LogP contribution in [0.4, 0.5) is 0 Å². The van der Waals surface area contributed by atoms with Gasteiger partial charge in [0.05, 0.1) is 6.54 Å². The Labute approximate surface area is 159 Å². The summed E-state index contributed by atoms with van der Waals surface area (Å²) in [7, 11) is 2.22. The molecule has 0 aromatic rings. The third-order valence-electron chi connectivity index (χ3n) is 4.48. The molecule has 0 amide bonds. The van der Waals surface area contributed by atoms with Crippen molar-refractivity contribution in [3.8, 4) is 0 Å². The molecule has 136 valence electrons. The van der Waals surface area contributed by atoms with Crippen LogP contribution in [-0.4, -0.2) is 62.8 Å². The maximum Gasteiger partial charge on any atom is 0.191 e. The Morgan fingerprint density at radius 2 is 2.00 bits per heavy atom. The summed E-state index contributed by atoms with van der Waals surface area (Å²) in [5.41, 5.74) is 0. The van der Waals surface area contributed by atoms with Crippen molar-refractivity contribution in [2.45, 2.75) is 58.0 Å². The summed E-state index contributed by atoms with van der Waals surface area (Å²) in [6.07, 6.45) is 6.47. The maximum absolute atomic E-state index is 5.66. The van der Waals surface area contributed by atoms with E-state index in [-0.39, 0.29) is 24.0 Å². The van der Waals surface area contributed by atoms with E-state index in [0.29, 0.717) is 6.04 Å². The highest BCUT2D eigenvalue weighted by molar-refractivity contribution is 14.0. The first-order valence-electron chi connectivity index (χ1n) is 9.02. The summed E-state index contributed by atoms with van der Waals surface area (Å²) in [4.78, 5) is 7.17. The van der Waals surface area contributed by atoms with Crippen LogP contribution in [0.25, 0.3) is 0 Å². The predicted octanol–water partition coefficient (Wildman–Crippen LogP) is 2.46. The van der Waals surface area contributed by atoms with Gasteiger partial charge >= 0.3 is 0 Å². The van der Waals surface area contributed by atoms with Crippen LogP contribution in [-0.2, 0) is 4.74 Å². The molecule has 1 unspecified atom stereocenters. The Balaban J connectivity index is 0.00000264. The van der Waals surface area contributed by atoms with E-state index in [1.54, 1.807) is 0 Å². The molecule has 2 aliphatic rings. The highest BCUT2D eigenvalue weighted by Gasteiger charge is 2.28. The van der Waals surface area contributed by atoms with Crippen molar-refractivity contribution in [2.24, 2.45) is 10.9 Å². The fourth-order valence-corrected chi connectivity index (χ4v) is 2.45. The molecule has 0 aromatic carbocycles. The van der Waals surface area contributed by atoms with Crippen molar-refractivity contribution in [3.05, 3.63) is 0 Å². The summed E-state index contributed by atoms with van der Waals surface area (Å²) >= 11 is 0. The fraction of sp³-hybridized carbons (Fsp3) is 0.941. The summed E-state index contributed by atoms with van der Waals surface area (Å²) < 4.78 is 5.66. The van der Waals surface area contributed by atoms with Gasteiger partial charge in [0.1, 0.15) is 0 Å². The maximum atomic E-state index is 5.66. The van der Waals surface area contributed by atoms with Gasteiger partial charge in [-0.05, 0) is 58.9 Å². The molecule has 0 spiro atoms. The lowest BCUT2D eigenvalue weighted by Crippen LogP contribution is -2.40. The summed E-state index contributed by atoms with van der Waals surface area (Å²) in [6, 6.07) is 1.30. The predicted molar refractivity (Wildman–Crippen MR) is 108 cm³/mol. The van der Waals surface area contributed by atoms with Crippen LogP contribution in [0.15, 0.2) is 4.99 Å². The van der Waals surface area contributed by atoms with Crippen molar-refractivity contribution in [1.82, 2.24) is 15.5 Å². The van der Waals surface area contributed by atoms with E-state index in [1.165, 1.54) is 25.7 Å². The largest absolute Gasteiger partial charge is 0.381 e. The number of guanidine groups is 1. The van der Waals surface area contributed by atoms with Gasteiger partial charge in [-0.3, -0.25) is 9.89 Å². The Bertz CT molecular complexity index is 345. The third kappa shape index (κ3) is 9.10. The summed E-state index contributed by atoms with van der Waals surface area (Å²) in [5, 5.41) is 6.72. The Morgan fingerprint density at radius 3 is 2.61 bits per heavy atom. The fourth-order valence-electron chi connectivity index (χ4n) is 2.45. The standard InChI is InChI=1S/C17H34N4O.HI/c1-4-18-17(19-10-5-11-22-13-15-6-7-15)20-12-14(2)21(3)16-8-9-16;/h14-16H,4-13H2,1-3H3,(H2,18,19,20);1H. The highest BCUT2D eigenvalue weighted by atomic mass is 127. The minimum atomic E-state index is 0. The zero-order valence-electron chi connectivity index (χ0n) is 15.0. The van der Waals surface area contributed by atoms with Crippen LogP contribution in [0.1, 0.15) is 46.0 Å². The lowest BCUT2D eigenvalue weighted by Gasteiger charge is -2.23. The molecule has 0 bridgehead atoms. The van der Waals surface area contributed by atoms with Crippen LogP contribution in [0.2, 0.25) is 0 Å². The van der Waals surface area contributed by atoms with Gasteiger partial charge in [0, 0.05) is 38.4 Å². The Kier molecular flexibility index (Phi) is 10.5. The molecular formula is C17H35IN4O. The normalized spacial score (nSPS) is 19.4. The Morgan fingerprint density at radius 1 is 1.26 bits per heavy atom. The van der Waals surface area contributed by atoms with Crippen LogP contribution >= 0.6 is 24.0 Å². The number of likely N-dealkylation sites (N-methyl/N-ethyl adjacent to an activating group) is 1. The smallest absolute Gasteiger partial charge is 0.191 e. The van der Waals surface area contributed by atoms with Gasteiger partial charge in [-0.15, -0.1) is 24.0 Å². The first kappa shape index (κ1) is 21.0. The second-order valence-corrected chi connectivity index (χ2v) is 6.76. The molecule has 2 rings (SSSR count). The highest BCUT2D eigenvalue weighted by Crippen LogP contribution is 2.28. The summed E-state index contributed by atoms with van der Waals surface area (Å²) in [6.45, 7) is 8.84. The minimum Gasteiger partial charge on any atom is -0.381 e. The van der Waals surface area contributed by atoms with Gasteiger partial charge in [0.2, 0.25) is 0 Å². The van der Waals surface area contributed by atoms with E-state index >= 15 is 0 Å². The quantitative estimate of drug-likeness (QED) is 0.225. The van der Waals surface area contributed by atoms with Crippen molar-refractivity contribution in [3.63, 3.8) is 0 Å². The van der Waals surface area contributed by atoms with Gasteiger partial charge in [0.15, 0.2) is 5.96 Å². The first-order valence-corrected chi connectivity index (χ1v) is 9.02. The molecule has 5 nitrogen and oxygen atoms in total. The number of rotatable bonds is 11. The van der Waals surface area contributed by atoms with E-state index in [4.69, 9.17) is 9.73 Å². The average molecular weight is 438 g/mol. The van der Waals surface area contributed by atoms with E-state index in [2.05, 4.69) is 36.4 Å². The molecule has 23 heavy (non-hydrogen) atoms. The number of nitrogens with one attached hydrogen (secondary N) is 2. The van der Waals surface area contributed by atoms with Crippen molar-refractivity contribution in [2.75, 3.05) is 39.9 Å². The SMILES string of the molecule is CCNC(=NCC(C)N(C)C1CC1)NCCCOCC1CC1.I. The summed E-state index contributed by atoms with van der Waals surface area (Å²) in [5.74, 6) is 1.79. The third-order valence-corrected chi connectivity index (χ3v) is 4.48. The monoisotopic (exact) mass is 438 g/mol. The van der Waals surface area contributed by atoms with Crippen molar-refractivity contribution >= 4 is 29.9 Å². The lowest BCUT2D eigenvalue weighted by molar-refractivity contribution is 0.123. The molecule has 6 heteroatoms. The van der Waals surface area contributed by atoms with Crippen molar-refractivity contribution in [1.29, 1.82) is 0 Å². The molecule has 0 saturated heterocycles. The van der Waals surface area contributed by atoms with E-state index in [9.17, 15) is 0 Å². The molecule has 0 heterocycles. The topological polar surface area (TPSA) is 48.9 Å². The Hall–Kier alpha value is -0.0800. The van der Waals surface area contributed by atoms with Crippen LogP contribution in [0, 0.1) is 5.92 Å². The van der Waals surface area contributed by atoms with Crippen LogP contribution in [0.5, 0.6) is 0 Å². The molecule has 2 fully saturated rings. The number of hydrogen-bond donors (Lipinski definition) is 2. The molecule has 2 saturated carbocycles. The minimum absolute atomic E-state index is 0. The van der Waals surface area contributed by atoms with E-state index in [0.717, 1.165) is 57.2 Å². The zero-order chi connectivity index (χ0) is 15.8. The average Bonchev–Trinajstić information content (AvgIpc) is 3.39. The van der Waals surface area contributed by atoms with Crippen LogP contribution in [0.3, 0.4) is 0 Å². The molecule has 0 aliphatic heterocycles. The zero-order valence-corrected chi connectivity index (χ0v) is 17.3. The van der Waals surface area contributed by atoms with Gasteiger partial charge in [0.25, 0.3) is 0 Å². The number of ether oxygens (including phenoxy) is 1. The van der Waals surface area contributed by atoms with Crippen molar-refractivity contribution < 1.29 is 4.74 Å².